The number of rotatable bonds is 2. The van der Waals surface area contributed by atoms with Gasteiger partial charge in [0.2, 0.25) is 0 Å². The van der Waals surface area contributed by atoms with Gasteiger partial charge in [-0.05, 0) is 24.1 Å². The number of aromatic nitrogens is 6. The highest BCUT2D eigenvalue weighted by Crippen LogP contribution is 2.10. The summed E-state index contributed by atoms with van der Waals surface area (Å²) in [7, 11) is 0. The SMILES string of the molecule is CC(C)C.c1cc(-n2nccn2)cc(-n2nccn2)c1. The molecule has 0 spiro atoms. The lowest BCUT2D eigenvalue weighted by molar-refractivity contribution is 0.732. The average Bonchev–Trinajstić information content (AvgIpc) is 3.12. The van der Waals surface area contributed by atoms with Gasteiger partial charge < -0.3 is 0 Å². The van der Waals surface area contributed by atoms with Crippen LogP contribution in [0.15, 0.2) is 49.1 Å². The molecule has 0 unspecified atom stereocenters. The minimum atomic E-state index is 0.833. The van der Waals surface area contributed by atoms with Crippen molar-refractivity contribution in [2.75, 3.05) is 0 Å². The molecular weight excluding hydrogens is 252 g/mol. The highest BCUT2D eigenvalue weighted by Gasteiger charge is 2.01. The van der Waals surface area contributed by atoms with Crippen LogP contribution in [0.1, 0.15) is 20.8 Å². The van der Waals surface area contributed by atoms with Crippen LogP contribution in [0.5, 0.6) is 0 Å². The Labute approximate surface area is 118 Å². The quantitative estimate of drug-likeness (QED) is 0.718. The maximum absolute atomic E-state index is 4.06. The van der Waals surface area contributed by atoms with Crippen molar-refractivity contribution in [2.45, 2.75) is 20.8 Å². The van der Waals surface area contributed by atoms with E-state index in [0.717, 1.165) is 17.3 Å². The summed E-state index contributed by atoms with van der Waals surface area (Å²) in [5, 5.41) is 16.3. The molecule has 0 fully saturated rings. The van der Waals surface area contributed by atoms with Crippen LogP contribution in [-0.2, 0) is 0 Å². The minimum Gasteiger partial charge on any atom is -0.157 e. The van der Waals surface area contributed by atoms with Gasteiger partial charge in [0.15, 0.2) is 0 Å². The van der Waals surface area contributed by atoms with E-state index in [4.69, 9.17) is 0 Å². The van der Waals surface area contributed by atoms with Crippen molar-refractivity contribution in [3.63, 3.8) is 0 Å². The first-order valence-corrected chi connectivity index (χ1v) is 6.50. The fourth-order valence-electron chi connectivity index (χ4n) is 1.44. The van der Waals surface area contributed by atoms with Crippen molar-refractivity contribution in [1.82, 2.24) is 30.0 Å². The van der Waals surface area contributed by atoms with Gasteiger partial charge in [0.05, 0.1) is 36.2 Å². The van der Waals surface area contributed by atoms with E-state index in [1.165, 1.54) is 0 Å². The van der Waals surface area contributed by atoms with Crippen LogP contribution in [0.3, 0.4) is 0 Å². The average molecular weight is 270 g/mol. The lowest BCUT2D eigenvalue weighted by Crippen LogP contribution is -2.02. The Morgan fingerprint density at radius 1 is 0.750 bits per heavy atom. The Morgan fingerprint density at radius 3 is 1.45 bits per heavy atom. The summed E-state index contributed by atoms with van der Waals surface area (Å²) in [6, 6.07) is 7.68. The molecule has 2 aromatic heterocycles. The molecule has 0 N–H and O–H groups in total. The summed E-state index contributed by atoms with van der Waals surface area (Å²) in [5.41, 5.74) is 1.75. The van der Waals surface area contributed by atoms with Crippen LogP contribution in [-0.4, -0.2) is 30.0 Å². The Hall–Kier alpha value is -2.50. The van der Waals surface area contributed by atoms with Crippen molar-refractivity contribution >= 4 is 0 Å². The summed E-state index contributed by atoms with van der Waals surface area (Å²) in [5.74, 6) is 0.833. The molecule has 0 bridgehead atoms. The second-order valence-electron chi connectivity index (χ2n) is 4.89. The van der Waals surface area contributed by atoms with E-state index in [1.54, 1.807) is 34.4 Å². The molecule has 1 aromatic carbocycles. The molecule has 3 aromatic rings. The first-order chi connectivity index (χ1) is 9.66. The maximum atomic E-state index is 4.06. The normalized spacial score (nSPS) is 10.2. The van der Waals surface area contributed by atoms with Crippen molar-refractivity contribution in [3.8, 4) is 11.4 Å². The van der Waals surface area contributed by atoms with E-state index < -0.39 is 0 Å². The highest BCUT2D eigenvalue weighted by molar-refractivity contribution is 5.41. The number of hydrogen-bond acceptors (Lipinski definition) is 4. The van der Waals surface area contributed by atoms with Crippen LogP contribution in [0.25, 0.3) is 11.4 Å². The standard InChI is InChI=1S/C10H8N6.C4H10/c1-2-9(15-11-4-5-12-15)8-10(3-1)16-13-6-7-14-16;1-4(2)3/h1-8H;4H,1-3H3. The fraction of sp³-hybridized carbons (Fsp3) is 0.286. The Kier molecular flexibility index (Phi) is 4.60. The minimum absolute atomic E-state index is 0.833. The summed E-state index contributed by atoms with van der Waals surface area (Å²) in [6.07, 6.45) is 6.55. The van der Waals surface area contributed by atoms with Crippen LogP contribution in [0.4, 0.5) is 0 Å². The largest absolute Gasteiger partial charge is 0.157 e. The molecule has 0 amide bonds. The molecule has 104 valence electrons. The molecular formula is C14H18N6. The van der Waals surface area contributed by atoms with E-state index in [1.807, 2.05) is 24.3 Å². The predicted molar refractivity (Wildman–Crippen MR) is 76.8 cm³/mol. The predicted octanol–water partition coefficient (Wildman–Crippen LogP) is 2.51. The molecule has 0 saturated carbocycles. The van der Waals surface area contributed by atoms with Gasteiger partial charge in [0.25, 0.3) is 0 Å². The van der Waals surface area contributed by atoms with Crippen LogP contribution >= 0.6 is 0 Å². The zero-order valence-electron chi connectivity index (χ0n) is 11.9. The molecule has 2 heterocycles. The molecule has 3 rings (SSSR count). The molecule has 0 radical (unpaired) electrons. The van der Waals surface area contributed by atoms with Crippen molar-refractivity contribution < 1.29 is 0 Å². The Balaban J connectivity index is 0.000000328. The van der Waals surface area contributed by atoms with Gasteiger partial charge in [-0.3, -0.25) is 0 Å². The van der Waals surface area contributed by atoms with Crippen LogP contribution in [0, 0.1) is 5.92 Å². The van der Waals surface area contributed by atoms with E-state index in [-0.39, 0.29) is 0 Å². The number of nitrogens with zero attached hydrogens (tertiary/aromatic N) is 6. The Bertz CT molecular complexity index is 561. The molecule has 20 heavy (non-hydrogen) atoms. The molecule has 6 heteroatoms. The van der Waals surface area contributed by atoms with Gasteiger partial charge >= 0.3 is 0 Å². The summed E-state index contributed by atoms with van der Waals surface area (Å²) < 4.78 is 0. The third kappa shape index (κ3) is 3.74. The van der Waals surface area contributed by atoms with E-state index >= 15 is 0 Å². The first kappa shape index (κ1) is 13.9. The molecule has 0 aliphatic rings. The Morgan fingerprint density at radius 2 is 1.10 bits per heavy atom. The molecule has 0 atom stereocenters. The van der Waals surface area contributed by atoms with E-state index in [0.29, 0.717) is 0 Å². The lowest BCUT2D eigenvalue weighted by Gasteiger charge is -2.02. The monoisotopic (exact) mass is 270 g/mol. The van der Waals surface area contributed by atoms with E-state index in [9.17, 15) is 0 Å². The summed E-state index contributed by atoms with van der Waals surface area (Å²) >= 11 is 0. The van der Waals surface area contributed by atoms with Gasteiger partial charge in [-0.15, -0.1) is 0 Å². The zero-order valence-corrected chi connectivity index (χ0v) is 11.9. The maximum Gasteiger partial charge on any atom is 0.0878 e. The van der Waals surface area contributed by atoms with Gasteiger partial charge in [-0.2, -0.15) is 30.0 Å². The second kappa shape index (κ2) is 6.60. The van der Waals surface area contributed by atoms with Crippen molar-refractivity contribution in [3.05, 3.63) is 49.1 Å². The summed E-state index contributed by atoms with van der Waals surface area (Å²) in [6.45, 7) is 6.50. The third-order valence-corrected chi connectivity index (χ3v) is 2.13. The van der Waals surface area contributed by atoms with Crippen molar-refractivity contribution in [1.29, 1.82) is 0 Å². The van der Waals surface area contributed by atoms with E-state index in [2.05, 4.69) is 41.2 Å². The fourth-order valence-corrected chi connectivity index (χ4v) is 1.44. The first-order valence-electron chi connectivity index (χ1n) is 6.50. The zero-order chi connectivity index (χ0) is 14.4. The lowest BCUT2D eigenvalue weighted by atomic mass is 10.3. The van der Waals surface area contributed by atoms with Crippen LogP contribution in [0.2, 0.25) is 0 Å². The highest BCUT2D eigenvalue weighted by atomic mass is 15.5. The third-order valence-electron chi connectivity index (χ3n) is 2.13. The van der Waals surface area contributed by atoms with Gasteiger partial charge in [0, 0.05) is 0 Å². The molecule has 6 nitrogen and oxygen atoms in total. The van der Waals surface area contributed by atoms with Crippen molar-refractivity contribution in [2.24, 2.45) is 5.92 Å². The topological polar surface area (TPSA) is 61.4 Å². The molecule has 0 aliphatic carbocycles. The smallest absolute Gasteiger partial charge is 0.0878 e. The summed E-state index contributed by atoms with van der Waals surface area (Å²) in [4.78, 5) is 3.10. The van der Waals surface area contributed by atoms with Gasteiger partial charge in [0.1, 0.15) is 0 Å². The molecule has 0 saturated heterocycles. The molecule has 0 aliphatic heterocycles. The van der Waals surface area contributed by atoms with Crippen LogP contribution < -0.4 is 0 Å². The number of hydrogen-bond donors (Lipinski definition) is 0. The second-order valence-corrected chi connectivity index (χ2v) is 4.89. The van der Waals surface area contributed by atoms with Gasteiger partial charge in [-0.25, -0.2) is 0 Å². The van der Waals surface area contributed by atoms with Gasteiger partial charge in [-0.1, -0.05) is 26.8 Å². The number of benzene rings is 1.